The molecule has 1 aromatic carbocycles. The molecular formula is C22H29Cl2N3O4. The molecule has 0 spiro atoms. The SMILES string of the molecule is O=C(C=Cc1ccc(Cl)c(Cl)c1)N1CCC(=O)N(CC(O)CN2CCC(O)CC2)CC1. The Hall–Kier alpha value is -1.64. The molecule has 9 heteroatoms. The Balaban J connectivity index is 1.49. The van der Waals surface area contributed by atoms with Gasteiger partial charge >= 0.3 is 0 Å². The van der Waals surface area contributed by atoms with Crippen LogP contribution in [0.3, 0.4) is 0 Å². The van der Waals surface area contributed by atoms with Gasteiger partial charge in [0.2, 0.25) is 11.8 Å². The molecule has 2 fully saturated rings. The van der Waals surface area contributed by atoms with Gasteiger partial charge in [-0.2, -0.15) is 0 Å². The van der Waals surface area contributed by atoms with Crippen molar-refractivity contribution in [1.82, 2.24) is 14.7 Å². The summed E-state index contributed by atoms with van der Waals surface area (Å²) in [5.41, 5.74) is 0.767. The van der Waals surface area contributed by atoms with Gasteiger partial charge in [0.25, 0.3) is 0 Å². The van der Waals surface area contributed by atoms with E-state index in [4.69, 9.17) is 23.2 Å². The maximum absolute atomic E-state index is 12.6. The Morgan fingerprint density at radius 2 is 1.84 bits per heavy atom. The lowest BCUT2D eigenvalue weighted by molar-refractivity contribution is -0.131. The van der Waals surface area contributed by atoms with Crippen LogP contribution >= 0.6 is 23.2 Å². The standard InChI is InChI=1S/C22H29Cl2N3O4/c23-19-3-1-16(13-20(19)24)2-4-21(30)26-10-7-22(31)27(12-11-26)15-18(29)14-25-8-5-17(28)6-9-25/h1-4,13,17-18,28-29H,5-12,14-15H2. The molecule has 2 saturated heterocycles. The summed E-state index contributed by atoms with van der Waals surface area (Å²) in [7, 11) is 0. The first-order chi connectivity index (χ1) is 14.8. The molecule has 1 unspecified atom stereocenters. The van der Waals surface area contributed by atoms with Crippen LogP contribution in [0.4, 0.5) is 0 Å². The molecule has 2 N–H and O–H groups in total. The number of likely N-dealkylation sites (tertiary alicyclic amines) is 1. The van der Waals surface area contributed by atoms with E-state index < -0.39 is 6.10 Å². The number of benzene rings is 1. The number of hydrogen-bond acceptors (Lipinski definition) is 5. The van der Waals surface area contributed by atoms with Gasteiger partial charge in [-0.1, -0.05) is 29.3 Å². The van der Waals surface area contributed by atoms with Crippen LogP contribution in [-0.4, -0.2) is 94.7 Å². The van der Waals surface area contributed by atoms with Gasteiger partial charge in [-0.3, -0.25) is 9.59 Å². The summed E-state index contributed by atoms with van der Waals surface area (Å²) in [6, 6.07) is 5.13. The highest BCUT2D eigenvalue weighted by Gasteiger charge is 2.26. The molecule has 2 amide bonds. The highest BCUT2D eigenvalue weighted by molar-refractivity contribution is 6.42. The lowest BCUT2D eigenvalue weighted by atomic mass is 10.1. The largest absolute Gasteiger partial charge is 0.393 e. The summed E-state index contributed by atoms with van der Waals surface area (Å²) in [6.07, 6.45) is 3.89. The molecule has 0 saturated carbocycles. The van der Waals surface area contributed by atoms with E-state index in [2.05, 4.69) is 4.90 Å². The Kier molecular flexibility index (Phi) is 8.75. The monoisotopic (exact) mass is 469 g/mol. The van der Waals surface area contributed by atoms with Crippen molar-refractivity contribution in [1.29, 1.82) is 0 Å². The second kappa shape index (κ2) is 11.3. The molecule has 3 rings (SSSR count). The number of carbonyl (C=O) groups excluding carboxylic acids is 2. The summed E-state index contributed by atoms with van der Waals surface area (Å²) in [5.74, 6) is -0.231. The fraction of sp³-hybridized carbons (Fsp3) is 0.545. The van der Waals surface area contributed by atoms with E-state index in [9.17, 15) is 19.8 Å². The smallest absolute Gasteiger partial charge is 0.246 e. The van der Waals surface area contributed by atoms with E-state index in [1.165, 1.54) is 6.08 Å². The van der Waals surface area contributed by atoms with Crippen molar-refractivity contribution in [2.75, 3.05) is 45.8 Å². The summed E-state index contributed by atoms with van der Waals surface area (Å²) < 4.78 is 0. The highest BCUT2D eigenvalue weighted by Crippen LogP contribution is 2.23. The molecule has 31 heavy (non-hydrogen) atoms. The molecule has 1 aromatic rings. The van der Waals surface area contributed by atoms with Gasteiger partial charge in [-0.15, -0.1) is 0 Å². The minimum absolute atomic E-state index is 0.0584. The van der Waals surface area contributed by atoms with E-state index in [0.717, 1.165) is 18.7 Å². The van der Waals surface area contributed by atoms with E-state index in [1.807, 2.05) is 0 Å². The Bertz CT molecular complexity index is 812. The number of hydrogen-bond donors (Lipinski definition) is 2. The van der Waals surface area contributed by atoms with Crippen molar-refractivity contribution in [3.63, 3.8) is 0 Å². The number of β-amino-alcohol motifs (C(OH)–C–C–N with tert-alkyl or cyclic N) is 1. The van der Waals surface area contributed by atoms with E-state index in [1.54, 1.807) is 34.1 Å². The van der Waals surface area contributed by atoms with E-state index in [-0.39, 0.29) is 30.9 Å². The van der Waals surface area contributed by atoms with Crippen LogP contribution in [0.5, 0.6) is 0 Å². The molecule has 7 nitrogen and oxygen atoms in total. The molecule has 2 heterocycles. The minimum Gasteiger partial charge on any atom is -0.393 e. The van der Waals surface area contributed by atoms with Crippen LogP contribution < -0.4 is 0 Å². The Morgan fingerprint density at radius 1 is 1.10 bits per heavy atom. The second-order valence-corrected chi connectivity index (χ2v) is 8.92. The molecule has 0 radical (unpaired) electrons. The van der Waals surface area contributed by atoms with Gasteiger partial charge in [0.05, 0.1) is 22.3 Å². The van der Waals surface area contributed by atoms with Crippen LogP contribution in [0.25, 0.3) is 6.08 Å². The fourth-order valence-electron chi connectivity index (χ4n) is 3.88. The number of piperidine rings is 1. The van der Waals surface area contributed by atoms with Crippen LogP contribution in [0.1, 0.15) is 24.8 Å². The third kappa shape index (κ3) is 7.19. The predicted octanol–water partition coefficient (Wildman–Crippen LogP) is 1.89. The first-order valence-corrected chi connectivity index (χ1v) is 11.4. The normalized spacial score (nSPS) is 20.3. The minimum atomic E-state index is -0.656. The summed E-state index contributed by atoms with van der Waals surface area (Å²) >= 11 is 11.9. The molecule has 2 aliphatic rings. The maximum atomic E-state index is 12.6. The lowest BCUT2D eigenvalue weighted by Gasteiger charge is -2.32. The van der Waals surface area contributed by atoms with Gasteiger partial charge in [0.1, 0.15) is 0 Å². The van der Waals surface area contributed by atoms with Crippen molar-refractivity contribution in [3.8, 4) is 0 Å². The van der Waals surface area contributed by atoms with Crippen molar-refractivity contribution in [2.45, 2.75) is 31.5 Å². The van der Waals surface area contributed by atoms with E-state index >= 15 is 0 Å². The van der Waals surface area contributed by atoms with Crippen molar-refractivity contribution in [2.24, 2.45) is 0 Å². The van der Waals surface area contributed by atoms with Crippen molar-refractivity contribution >= 4 is 41.1 Å². The van der Waals surface area contributed by atoms with Gasteiger partial charge in [0, 0.05) is 58.3 Å². The zero-order valence-electron chi connectivity index (χ0n) is 17.4. The third-order valence-corrected chi connectivity index (χ3v) is 6.46. The fourth-order valence-corrected chi connectivity index (χ4v) is 4.19. The highest BCUT2D eigenvalue weighted by atomic mass is 35.5. The maximum Gasteiger partial charge on any atom is 0.246 e. The lowest BCUT2D eigenvalue weighted by Crippen LogP contribution is -2.46. The summed E-state index contributed by atoms with van der Waals surface area (Å²) in [4.78, 5) is 30.5. The summed E-state index contributed by atoms with van der Waals surface area (Å²) in [5, 5.41) is 20.9. The first kappa shape index (κ1) is 24.0. The number of aliphatic hydroxyl groups is 2. The molecule has 170 valence electrons. The topological polar surface area (TPSA) is 84.3 Å². The van der Waals surface area contributed by atoms with Crippen molar-refractivity contribution < 1.29 is 19.8 Å². The zero-order valence-corrected chi connectivity index (χ0v) is 18.9. The molecule has 1 atom stereocenters. The number of carbonyl (C=O) groups is 2. The van der Waals surface area contributed by atoms with Gasteiger partial charge in [0.15, 0.2) is 0 Å². The third-order valence-electron chi connectivity index (χ3n) is 5.72. The summed E-state index contributed by atoms with van der Waals surface area (Å²) in [6.45, 7) is 3.38. The molecular weight excluding hydrogens is 441 g/mol. The zero-order chi connectivity index (χ0) is 22.4. The van der Waals surface area contributed by atoms with Crippen molar-refractivity contribution in [3.05, 3.63) is 39.9 Å². The Morgan fingerprint density at radius 3 is 2.55 bits per heavy atom. The number of amides is 2. The number of rotatable bonds is 6. The van der Waals surface area contributed by atoms with E-state index in [0.29, 0.717) is 49.1 Å². The predicted molar refractivity (Wildman–Crippen MR) is 121 cm³/mol. The number of aliphatic hydroxyl groups excluding tert-OH is 2. The molecule has 0 aromatic heterocycles. The number of nitrogens with zero attached hydrogens (tertiary/aromatic N) is 3. The molecule has 0 aliphatic carbocycles. The van der Waals surface area contributed by atoms with Gasteiger partial charge < -0.3 is 24.9 Å². The number of halogens is 2. The first-order valence-electron chi connectivity index (χ1n) is 10.6. The van der Waals surface area contributed by atoms with Crippen LogP contribution in [-0.2, 0) is 9.59 Å². The Labute approximate surface area is 192 Å². The average Bonchev–Trinajstić information content (AvgIpc) is 2.92. The van der Waals surface area contributed by atoms with Gasteiger partial charge in [-0.25, -0.2) is 0 Å². The molecule has 0 bridgehead atoms. The second-order valence-electron chi connectivity index (χ2n) is 8.11. The average molecular weight is 470 g/mol. The molecule has 2 aliphatic heterocycles. The quantitative estimate of drug-likeness (QED) is 0.621. The van der Waals surface area contributed by atoms with Crippen LogP contribution in [0.2, 0.25) is 10.0 Å². The van der Waals surface area contributed by atoms with Gasteiger partial charge in [-0.05, 0) is 36.6 Å². The van der Waals surface area contributed by atoms with Crippen LogP contribution in [0, 0.1) is 0 Å². The van der Waals surface area contributed by atoms with Crippen LogP contribution in [0.15, 0.2) is 24.3 Å².